The van der Waals surface area contributed by atoms with Crippen molar-refractivity contribution in [2.24, 2.45) is 0 Å². The van der Waals surface area contributed by atoms with Gasteiger partial charge in [-0.1, -0.05) is 32.9 Å². The van der Waals surface area contributed by atoms with E-state index in [0.29, 0.717) is 63.7 Å². The molecule has 2 aromatic heterocycles. The van der Waals surface area contributed by atoms with Gasteiger partial charge in [0.05, 0.1) is 22.5 Å². The number of sulfonamides is 1. The number of anilines is 2. The number of hydrogen-bond acceptors (Lipinski definition) is 8. The lowest BCUT2D eigenvalue weighted by Crippen LogP contribution is -2.46. The molecule has 15 heteroatoms. The van der Waals surface area contributed by atoms with E-state index in [0.717, 1.165) is 29.0 Å². The lowest BCUT2D eigenvalue weighted by atomic mass is 9.75. The van der Waals surface area contributed by atoms with Gasteiger partial charge in [-0.2, -0.15) is 17.5 Å². The number of piperidine rings is 1. The van der Waals surface area contributed by atoms with Crippen molar-refractivity contribution in [2.45, 2.75) is 87.1 Å². The quantitative estimate of drug-likeness (QED) is 0.237. The van der Waals surface area contributed by atoms with Crippen molar-refractivity contribution in [3.8, 4) is 11.1 Å². The van der Waals surface area contributed by atoms with Crippen molar-refractivity contribution in [3.05, 3.63) is 66.0 Å². The predicted octanol–water partition coefficient (Wildman–Crippen LogP) is 6.84. The first kappa shape index (κ1) is 37.4. The van der Waals surface area contributed by atoms with Gasteiger partial charge in [0.15, 0.2) is 8.32 Å². The molecule has 0 saturated carbocycles. The Balaban J connectivity index is 1.14. The van der Waals surface area contributed by atoms with Crippen molar-refractivity contribution < 1.29 is 35.5 Å². The summed E-state index contributed by atoms with van der Waals surface area (Å²) in [7, 11) is -5.78. The van der Waals surface area contributed by atoms with Gasteiger partial charge in [0.25, 0.3) is 0 Å². The molecule has 2 saturated heterocycles. The molecule has 1 spiro atoms. The fraction of sp³-hybridized carbons (Fsp3) is 0.528. The van der Waals surface area contributed by atoms with E-state index in [4.69, 9.17) is 14.1 Å². The number of hydrogen-bond donors (Lipinski definition) is 1. The molecule has 5 heterocycles. The normalized spacial score (nSPS) is 19.1. The molecule has 6 rings (SSSR count). The molecule has 276 valence electrons. The number of carbonyl (C=O) groups is 1. The van der Waals surface area contributed by atoms with Crippen LogP contribution in [0.25, 0.3) is 11.1 Å². The van der Waals surface area contributed by atoms with E-state index in [-0.39, 0.29) is 35.0 Å². The third-order valence-electron chi connectivity index (χ3n) is 10.9. The van der Waals surface area contributed by atoms with Crippen LogP contribution < -0.4 is 10.2 Å². The van der Waals surface area contributed by atoms with Gasteiger partial charge in [0, 0.05) is 62.4 Å². The summed E-state index contributed by atoms with van der Waals surface area (Å²) in [4.78, 5) is 24.7. The van der Waals surface area contributed by atoms with Gasteiger partial charge in [-0.15, -0.1) is 0 Å². The molecular weight excluding hydrogens is 700 g/mol. The van der Waals surface area contributed by atoms with Crippen LogP contribution >= 0.6 is 0 Å². The number of carbonyl (C=O) groups excluding carboxylic acids is 1. The van der Waals surface area contributed by atoms with E-state index >= 15 is 0 Å². The summed E-state index contributed by atoms with van der Waals surface area (Å²) in [5, 5.41) is 3.17. The molecular formula is C36H46F3N5O5SSi. The van der Waals surface area contributed by atoms with E-state index < -0.39 is 35.5 Å². The second-order valence-electron chi connectivity index (χ2n) is 15.1. The minimum absolute atomic E-state index is 0.0281. The molecule has 1 N–H and O–H groups in total. The summed E-state index contributed by atoms with van der Waals surface area (Å²) < 4.78 is 79.3. The monoisotopic (exact) mass is 745 g/mol. The first-order valence-electron chi connectivity index (χ1n) is 17.4. The molecule has 1 amide bonds. The van der Waals surface area contributed by atoms with Crippen LogP contribution in [0, 0.1) is 0 Å². The number of nitrogens with zero attached hydrogens (tertiary/aromatic N) is 4. The average molecular weight is 746 g/mol. The molecule has 0 radical (unpaired) electrons. The van der Waals surface area contributed by atoms with Gasteiger partial charge in [0.1, 0.15) is 11.6 Å². The van der Waals surface area contributed by atoms with Crippen LogP contribution in [0.15, 0.2) is 59.8 Å². The Bertz CT molecular complexity index is 1840. The number of pyridine rings is 2. The number of alkyl halides is 3. The maximum Gasteiger partial charge on any atom is 0.417 e. The molecule has 3 aliphatic rings. The lowest BCUT2D eigenvalue weighted by Gasteiger charge is -2.36. The molecule has 0 bridgehead atoms. The highest BCUT2D eigenvalue weighted by Gasteiger charge is 2.52. The van der Waals surface area contributed by atoms with Crippen molar-refractivity contribution in [2.75, 3.05) is 49.7 Å². The predicted molar refractivity (Wildman–Crippen MR) is 192 cm³/mol. The van der Waals surface area contributed by atoms with Crippen molar-refractivity contribution in [3.63, 3.8) is 0 Å². The van der Waals surface area contributed by atoms with Gasteiger partial charge >= 0.3 is 6.18 Å². The number of amides is 1. The van der Waals surface area contributed by atoms with Gasteiger partial charge in [0.2, 0.25) is 15.9 Å². The van der Waals surface area contributed by atoms with Crippen LogP contribution in [0.1, 0.15) is 57.6 Å². The first-order valence-corrected chi connectivity index (χ1v) is 21.7. The van der Waals surface area contributed by atoms with Gasteiger partial charge in [-0.25, -0.2) is 18.4 Å². The highest BCUT2D eigenvalue weighted by Crippen LogP contribution is 2.48. The Morgan fingerprint density at radius 1 is 0.980 bits per heavy atom. The highest BCUT2D eigenvalue weighted by atomic mass is 32.2. The Kier molecular flexibility index (Phi) is 10.2. The van der Waals surface area contributed by atoms with Gasteiger partial charge < -0.3 is 14.5 Å². The Morgan fingerprint density at radius 3 is 2.24 bits per heavy atom. The summed E-state index contributed by atoms with van der Waals surface area (Å²) in [6.07, 6.45) is 0.144. The topological polar surface area (TPSA) is 114 Å². The van der Waals surface area contributed by atoms with E-state index in [1.54, 1.807) is 35.4 Å². The van der Waals surface area contributed by atoms with E-state index in [1.165, 1.54) is 10.4 Å². The Hall–Kier alpha value is -3.37. The Morgan fingerprint density at radius 2 is 1.65 bits per heavy atom. The fourth-order valence-corrected chi connectivity index (χ4v) is 9.24. The maximum atomic E-state index is 14.1. The molecule has 3 aliphatic heterocycles. The zero-order chi connectivity index (χ0) is 36.8. The van der Waals surface area contributed by atoms with Gasteiger partial charge in [-0.05, 0) is 79.7 Å². The molecule has 0 atom stereocenters. The van der Waals surface area contributed by atoms with Crippen LogP contribution in [-0.4, -0.2) is 82.4 Å². The number of halogens is 3. The minimum Gasteiger partial charge on any atom is -0.415 e. The summed E-state index contributed by atoms with van der Waals surface area (Å²) in [5.41, 5.74) is 0.904. The number of ether oxygens (including phenoxy) is 1. The molecule has 10 nitrogen and oxygen atoms in total. The average Bonchev–Trinajstić information content (AvgIpc) is 3.30. The van der Waals surface area contributed by atoms with Crippen LogP contribution in [-0.2, 0) is 35.6 Å². The molecule has 51 heavy (non-hydrogen) atoms. The third-order valence-corrected chi connectivity index (χ3v) is 17.4. The zero-order valence-corrected chi connectivity index (χ0v) is 31.5. The van der Waals surface area contributed by atoms with Crippen molar-refractivity contribution in [1.82, 2.24) is 14.3 Å². The molecule has 2 fully saturated rings. The van der Waals surface area contributed by atoms with E-state index in [1.807, 2.05) is 6.07 Å². The molecule has 1 aromatic carbocycles. The van der Waals surface area contributed by atoms with Crippen molar-refractivity contribution in [1.29, 1.82) is 0 Å². The van der Waals surface area contributed by atoms with Crippen LogP contribution in [0.3, 0.4) is 0 Å². The van der Waals surface area contributed by atoms with Crippen LogP contribution in [0.2, 0.25) is 18.1 Å². The summed E-state index contributed by atoms with van der Waals surface area (Å²) in [6.45, 7) is 13.3. The van der Waals surface area contributed by atoms with E-state index in [2.05, 4.69) is 44.2 Å². The SMILES string of the molecule is CC(C)(C)[Si](C)(C)OCCN1C(=O)C2(CCOCC2)c2cc(-c3ccc(S(=O)(=O)N4CCC(Nc5ccc(C(F)(F)F)cn5)CC4)cc3)cnc21. The second-order valence-corrected chi connectivity index (χ2v) is 21.9. The summed E-state index contributed by atoms with van der Waals surface area (Å²) in [6, 6.07) is 10.9. The smallest absolute Gasteiger partial charge is 0.415 e. The highest BCUT2D eigenvalue weighted by molar-refractivity contribution is 7.89. The summed E-state index contributed by atoms with van der Waals surface area (Å²) in [5.74, 6) is 0.993. The molecule has 0 aliphatic carbocycles. The zero-order valence-electron chi connectivity index (χ0n) is 29.7. The molecule has 3 aromatic rings. The molecule has 0 unspecified atom stereocenters. The number of fused-ring (bicyclic) bond motifs is 2. The van der Waals surface area contributed by atoms with Crippen LogP contribution in [0.4, 0.5) is 24.8 Å². The largest absolute Gasteiger partial charge is 0.417 e. The lowest BCUT2D eigenvalue weighted by molar-refractivity contribution is -0.137. The minimum atomic E-state index is -4.46. The van der Waals surface area contributed by atoms with E-state index in [9.17, 15) is 26.4 Å². The third kappa shape index (κ3) is 7.45. The number of rotatable bonds is 9. The standard InChI is InChI=1S/C36H46F3N5O5SSi/c1-34(2,3)51(4,5)49-21-18-44-32-30(35(33(44)45)14-19-48-20-15-35)22-26(23-41-32)25-6-9-29(10-7-25)50(46,47)43-16-12-28(13-17-43)42-31-11-8-27(24-40-31)36(37,38)39/h6-11,22-24,28H,12-21H2,1-5H3,(H,40,42). The van der Waals surface area contributed by atoms with Crippen LogP contribution in [0.5, 0.6) is 0 Å². The van der Waals surface area contributed by atoms with Gasteiger partial charge in [-0.3, -0.25) is 9.69 Å². The maximum absolute atomic E-state index is 14.1. The fourth-order valence-electron chi connectivity index (χ4n) is 6.74. The Labute approximate surface area is 298 Å². The first-order chi connectivity index (χ1) is 23.9. The number of nitrogens with one attached hydrogen (secondary N) is 1. The number of benzene rings is 1. The number of aromatic nitrogens is 2. The summed E-state index contributed by atoms with van der Waals surface area (Å²) >= 11 is 0. The second kappa shape index (κ2) is 13.9. The van der Waals surface area contributed by atoms with Crippen molar-refractivity contribution >= 4 is 35.9 Å².